The molecule has 1 N–H and O–H groups in total. The van der Waals surface area contributed by atoms with Crippen LogP contribution in [0.25, 0.3) is 21.0 Å². The molecule has 4 aromatic rings. The SMILES string of the molecule is Cc1ccccc1Cc1nc2cc(C(=O)O)ccc2c2sccc12. The molecule has 2 aromatic heterocycles. The fraction of sp³-hybridized carbons (Fsp3) is 0.100. The normalized spacial score (nSPS) is 11.2. The first kappa shape index (κ1) is 14.8. The Bertz CT molecular complexity index is 1080. The van der Waals surface area contributed by atoms with Crippen molar-refractivity contribution in [3.63, 3.8) is 0 Å². The summed E-state index contributed by atoms with van der Waals surface area (Å²) < 4.78 is 1.17. The molecule has 0 bridgehead atoms. The van der Waals surface area contributed by atoms with E-state index in [1.807, 2.05) is 18.2 Å². The van der Waals surface area contributed by atoms with Gasteiger partial charge in [0.05, 0.1) is 16.8 Å². The predicted octanol–water partition coefficient (Wildman–Crippen LogP) is 5.05. The molecule has 118 valence electrons. The van der Waals surface area contributed by atoms with E-state index < -0.39 is 5.97 Å². The van der Waals surface area contributed by atoms with E-state index in [2.05, 4.69) is 30.5 Å². The number of aromatic carboxylic acids is 1. The van der Waals surface area contributed by atoms with Gasteiger partial charge in [-0.25, -0.2) is 4.79 Å². The summed E-state index contributed by atoms with van der Waals surface area (Å²) in [4.78, 5) is 16.1. The second kappa shape index (κ2) is 5.73. The Morgan fingerprint density at radius 2 is 1.96 bits per heavy atom. The number of fused-ring (bicyclic) bond motifs is 3. The zero-order valence-corrected chi connectivity index (χ0v) is 13.9. The fourth-order valence-corrected chi connectivity index (χ4v) is 3.98. The van der Waals surface area contributed by atoms with Crippen LogP contribution in [0.2, 0.25) is 0 Å². The van der Waals surface area contributed by atoms with Gasteiger partial charge in [-0.05, 0) is 41.6 Å². The van der Waals surface area contributed by atoms with E-state index in [1.54, 1.807) is 23.5 Å². The van der Waals surface area contributed by atoms with Crippen molar-refractivity contribution in [2.24, 2.45) is 0 Å². The third-order valence-corrected chi connectivity index (χ3v) is 5.29. The number of hydrogen-bond acceptors (Lipinski definition) is 3. The fourth-order valence-electron chi connectivity index (χ4n) is 3.02. The molecule has 0 aliphatic heterocycles. The van der Waals surface area contributed by atoms with Crippen LogP contribution in [0.5, 0.6) is 0 Å². The lowest BCUT2D eigenvalue weighted by Crippen LogP contribution is -1.99. The highest BCUT2D eigenvalue weighted by Gasteiger charge is 2.13. The Labute approximate surface area is 143 Å². The zero-order chi connectivity index (χ0) is 16.7. The van der Waals surface area contributed by atoms with Gasteiger partial charge in [-0.1, -0.05) is 30.3 Å². The van der Waals surface area contributed by atoms with Gasteiger partial charge in [-0.15, -0.1) is 11.3 Å². The summed E-state index contributed by atoms with van der Waals surface area (Å²) >= 11 is 1.67. The van der Waals surface area contributed by atoms with Crippen LogP contribution in [0, 0.1) is 6.92 Å². The molecule has 0 unspecified atom stereocenters. The number of thiophene rings is 1. The average Bonchev–Trinajstić information content (AvgIpc) is 3.06. The van der Waals surface area contributed by atoms with Crippen LogP contribution in [0.3, 0.4) is 0 Å². The van der Waals surface area contributed by atoms with E-state index in [1.165, 1.54) is 15.8 Å². The molecule has 0 aliphatic carbocycles. The number of carboxylic acid groups (broad SMARTS) is 1. The Kier molecular flexibility index (Phi) is 3.54. The smallest absolute Gasteiger partial charge is 0.335 e. The van der Waals surface area contributed by atoms with Gasteiger partial charge in [0.2, 0.25) is 0 Å². The number of aryl methyl sites for hydroxylation is 1. The second-order valence-electron chi connectivity index (χ2n) is 5.86. The summed E-state index contributed by atoms with van der Waals surface area (Å²) in [6.07, 6.45) is 0.743. The van der Waals surface area contributed by atoms with E-state index in [-0.39, 0.29) is 5.56 Å². The molecule has 0 saturated carbocycles. The minimum Gasteiger partial charge on any atom is -0.478 e. The van der Waals surface area contributed by atoms with E-state index in [0.717, 1.165) is 28.4 Å². The molecular formula is C20H15NO2S. The molecule has 0 atom stereocenters. The van der Waals surface area contributed by atoms with Crippen molar-refractivity contribution in [3.8, 4) is 0 Å². The minimum absolute atomic E-state index is 0.271. The van der Waals surface area contributed by atoms with Crippen LogP contribution in [-0.2, 0) is 6.42 Å². The summed E-state index contributed by atoms with van der Waals surface area (Å²) in [6, 6.07) is 15.6. The van der Waals surface area contributed by atoms with Crippen LogP contribution in [-0.4, -0.2) is 16.1 Å². The van der Waals surface area contributed by atoms with E-state index >= 15 is 0 Å². The lowest BCUT2D eigenvalue weighted by molar-refractivity contribution is 0.0697. The van der Waals surface area contributed by atoms with Crippen molar-refractivity contribution in [2.45, 2.75) is 13.3 Å². The molecule has 24 heavy (non-hydrogen) atoms. The molecule has 4 rings (SSSR count). The minimum atomic E-state index is -0.926. The number of hydrogen-bond donors (Lipinski definition) is 1. The summed E-state index contributed by atoms with van der Waals surface area (Å²) in [6.45, 7) is 2.10. The molecule has 2 aromatic carbocycles. The average molecular weight is 333 g/mol. The van der Waals surface area contributed by atoms with Crippen molar-refractivity contribution in [1.29, 1.82) is 0 Å². The van der Waals surface area contributed by atoms with Gasteiger partial charge in [0.1, 0.15) is 0 Å². The van der Waals surface area contributed by atoms with Gasteiger partial charge in [0.25, 0.3) is 0 Å². The summed E-state index contributed by atoms with van der Waals surface area (Å²) in [5.41, 5.74) is 4.49. The van der Waals surface area contributed by atoms with Gasteiger partial charge in [-0.2, -0.15) is 0 Å². The molecule has 4 heteroatoms. The van der Waals surface area contributed by atoms with Crippen molar-refractivity contribution < 1.29 is 9.90 Å². The van der Waals surface area contributed by atoms with Crippen molar-refractivity contribution in [3.05, 3.63) is 76.3 Å². The van der Waals surface area contributed by atoms with Crippen molar-refractivity contribution >= 4 is 38.3 Å². The number of pyridine rings is 1. The molecule has 0 fully saturated rings. The topological polar surface area (TPSA) is 50.2 Å². The molecule has 0 aliphatic rings. The van der Waals surface area contributed by atoms with Crippen molar-refractivity contribution in [2.75, 3.05) is 0 Å². The van der Waals surface area contributed by atoms with Crippen LogP contribution in [0.4, 0.5) is 0 Å². The molecule has 0 saturated heterocycles. The van der Waals surface area contributed by atoms with Gasteiger partial charge in [-0.3, -0.25) is 4.98 Å². The maximum atomic E-state index is 11.3. The first-order valence-electron chi connectivity index (χ1n) is 7.71. The lowest BCUT2D eigenvalue weighted by Gasteiger charge is -2.09. The third kappa shape index (κ3) is 2.45. The van der Waals surface area contributed by atoms with Gasteiger partial charge in [0, 0.05) is 21.9 Å². The maximum Gasteiger partial charge on any atom is 0.335 e. The highest BCUT2D eigenvalue weighted by molar-refractivity contribution is 7.18. The molecular weight excluding hydrogens is 318 g/mol. The monoisotopic (exact) mass is 333 g/mol. The summed E-state index contributed by atoms with van der Waals surface area (Å²) in [5.74, 6) is -0.926. The highest BCUT2D eigenvalue weighted by atomic mass is 32.1. The molecule has 0 spiro atoms. The number of aromatic nitrogens is 1. The van der Waals surface area contributed by atoms with Crippen molar-refractivity contribution in [1.82, 2.24) is 4.98 Å². The molecule has 0 radical (unpaired) electrons. The molecule has 2 heterocycles. The number of carbonyl (C=O) groups is 1. The van der Waals surface area contributed by atoms with Gasteiger partial charge in [0.15, 0.2) is 0 Å². The first-order chi connectivity index (χ1) is 11.6. The predicted molar refractivity (Wildman–Crippen MR) is 98.1 cm³/mol. The Morgan fingerprint density at radius 1 is 1.12 bits per heavy atom. The maximum absolute atomic E-state index is 11.3. The highest BCUT2D eigenvalue weighted by Crippen LogP contribution is 2.32. The van der Waals surface area contributed by atoms with Gasteiger partial charge < -0.3 is 5.11 Å². The summed E-state index contributed by atoms with van der Waals surface area (Å²) in [7, 11) is 0. The summed E-state index contributed by atoms with van der Waals surface area (Å²) in [5, 5.41) is 13.5. The number of benzene rings is 2. The molecule has 3 nitrogen and oxygen atoms in total. The van der Waals surface area contributed by atoms with E-state index in [0.29, 0.717) is 0 Å². The Hall–Kier alpha value is -2.72. The lowest BCUT2D eigenvalue weighted by atomic mass is 10.0. The number of nitrogens with zero attached hydrogens (tertiary/aromatic N) is 1. The van der Waals surface area contributed by atoms with Crippen LogP contribution < -0.4 is 0 Å². The number of carboxylic acids is 1. The number of rotatable bonds is 3. The Balaban J connectivity index is 1.94. The first-order valence-corrected chi connectivity index (χ1v) is 8.59. The van der Waals surface area contributed by atoms with E-state index in [9.17, 15) is 9.90 Å². The third-order valence-electron chi connectivity index (χ3n) is 4.34. The van der Waals surface area contributed by atoms with Crippen LogP contribution in [0.1, 0.15) is 27.2 Å². The van der Waals surface area contributed by atoms with Crippen LogP contribution in [0.15, 0.2) is 53.9 Å². The quantitative estimate of drug-likeness (QED) is 0.571. The zero-order valence-electron chi connectivity index (χ0n) is 13.1. The molecule has 0 amide bonds. The van der Waals surface area contributed by atoms with Gasteiger partial charge >= 0.3 is 5.97 Å². The Morgan fingerprint density at radius 3 is 2.75 bits per heavy atom. The van der Waals surface area contributed by atoms with E-state index in [4.69, 9.17) is 4.98 Å². The van der Waals surface area contributed by atoms with Crippen LogP contribution >= 0.6 is 11.3 Å². The second-order valence-corrected chi connectivity index (χ2v) is 6.78. The standard InChI is InChI=1S/C20H15NO2S/c1-12-4-2-3-5-13(12)10-17-16-8-9-24-19(16)15-7-6-14(20(22)23)11-18(15)21-17/h2-9,11H,10H2,1H3,(H,22,23). The largest absolute Gasteiger partial charge is 0.478 e.